The monoisotopic (exact) mass is 307 g/mol. The minimum absolute atomic E-state index is 0.283. The van der Waals surface area contributed by atoms with E-state index in [0.29, 0.717) is 30.1 Å². The molecule has 0 aliphatic rings. The molecule has 1 aromatic heterocycles. The van der Waals surface area contributed by atoms with E-state index in [0.717, 1.165) is 11.3 Å². The Morgan fingerprint density at radius 1 is 1.14 bits per heavy atom. The second-order valence-corrected chi connectivity index (χ2v) is 4.75. The van der Waals surface area contributed by atoms with Crippen molar-refractivity contribution in [3.05, 3.63) is 28.8 Å². The van der Waals surface area contributed by atoms with Gasteiger partial charge in [-0.1, -0.05) is 17.7 Å². The zero-order valence-corrected chi connectivity index (χ0v) is 13.0. The molecule has 0 saturated heterocycles. The molecule has 2 N–H and O–H groups in total. The molecule has 0 aliphatic heterocycles. The SMILES string of the molecule is CCNc1nc(Nc2cc(Cl)ccc2C)nc(OCC)n1. The highest BCUT2D eigenvalue weighted by atomic mass is 35.5. The molecule has 0 aliphatic carbocycles. The lowest BCUT2D eigenvalue weighted by atomic mass is 10.2. The summed E-state index contributed by atoms with van der Waals surface area (Å²) in [5.41, 5.74) is 1.89. The van der Waals surface area contributed by atoms with E-state index in [2.05, 4.69) is 25.6 Å². The molecule has 0 spiro atoms. The number of hydrogen-bond acceptors (Lipinski definition) is 6. The first-order valence-electron chi connectivity index (χ1n) is 6.78. The van der Waals surface area contributed by atoms with E-state index in [9.17, 15) is 0 Å². The Kier molecular flexibility index (Phi) is 5.16. The van der Waals surface area contributed by atoms with Crippen molar-refractivity contribution in [2.24, 2.45) is 0 Å². The molecule has 2 rings (SSSR count). The first-order valence-corrected chi connectivity index (χ1v) is 7.16. The molecule has 1 aromatic carbocycles. The van der Waals surface area contributed by atoms with Gasteiger partial charge in [-0.25, -0.2) is 0 Å². The Hall–Kier alpha value is -2.08. The summed E-state index contributed by atoms with van der Waals surface area (Å²) in [4.78, 5) is 12.7. The third-order valence-electron chi connectivity index (χ3n) is 2.67. The van der Waals surface area contributed by atoms with Crippen molar-refractivity contribution in [1.82, 2.24) is 15.0 Å². The number of hydrogen-bond donors (Lipinski definition) is 2. The summed E-state index contributed by atoms with van der Waals surface area (Å²) >= 11 is 6.01. The van der Waals surface area contributed by atoms with Crippen LogP contribution in [0.3, 0.4) is 0 Å². The fraction of sp³-hybridized carbons (Fsp3) is 0.357. The molecule has 0 radical (unpaired) electrons. The van der Waals surface area contributed by atoms with Crippen LogP contribution >= 0.6 is 11.6 Å². The maximum Gasteiger partial charge on any atom is 0.323 e. The average Bonchev–Trinajstić information content (AvgIpc) is 2.43. The summed E-state index contributed by atoms with van der Waals surface area (Å²) in [5.74, 6) is 0.882. The van der Waals surface area contributed by atoms with Gasteiger partial charge >= 0.3 is 6.01 Å². The van der Waals surface area contributed by atoms with Crippen LogP contribution in [-0.4, -0.2) is 28.1 Å². The molecule has 0 atom stereocenters. The summed E-state index contributed by atoms with van der Waals surface area (Å²) in [5, 5.41) is 6.84. The van der Waals surface area contributed by atoms with Gasteiger partial charge in [0.25, 0.3) is 0 Å². The molecule has 6 nitrogen and oxygen atoms in total. The number of anilines is 3. The highest BCUT2D eigenvalue weighted by Crippen LogP contribution is 2.23. The highest BCUT2D eigenvalue weighted by Gasteiger charge is 2.08. The zero-order valence-electron chi connectivity index (χ0n) is 12.3. The van der Waals surface area contributed by atoms with Gasteiger partial charge in [0, 0.05) is 17.3 Å². The molecule has 0 amide bonds. The molecule has 0 saturated carbocycles. The maximum absolute atomic E-state index is 6.01. The predicted octanol–water partition coefficient (Wildman–Crippen LogP) is 3.41. The van der Waals surface area contributed by atoms with Crippen LogP contribution in [0.4, 0.5) is 17.6 Å². The van der Waals surface area contributed by atoms with E-state index in [1.165, 1.54) is 0 Å². The lowest BCUT2D eigenvalue weighted by Gasteiger charge is -2.11. The Morgan fingerprint density at radius 3 is 2.62 bits per heavy atom. The van der Waals surface area contributed by atoms with Crippen molar-refractivity contribution in [2.75, 3.05) is 23.8 Å². The van der Waals surface area contributed by atoms with Gasteiger partial charge in [0.1, 0.15) is 0 Å². The molecular weight excluding hydrogens is 290 g/mol. The quantitative estimate of drug-likeness (QED) is 0.852. The van der Waals surface area contributed by atoms with Crippen LogP contribution < -0.4 is 15.4 Å². The fourth-order valence-electron chi connectivity index (χ4n) is 1.69. The van der Waals surface area contributed by atoms with Gasteiger partial charge in [0.15, 0.2) is 0 Å². The minimum atomic E-state index is 0.283. The zero-order chi connectivity index (χ0) is 15.2. The summed E-state index contributed by atoms with van der Waals surface area (Å²) in [6.07, 6.45) is 0. The lowest BCUT2D eigenvalue weighted by Crippen LogP contribution is -2.09. The van der Waals surface area contributed by atoms with E-state index in [-0.39, 0.29) is 6.01 Å². The number of ether oxygens (including phenoxy) is 1. The van der Waals surface area contributed by atoms with Gasteiger partial charge in [0.2, 0.25) is 11.9 Å². The summed E-state index contributed by atoms with van der Waals surface area (Å²) in [7, 11) is 0. The third-order valence-corrected chi connectivity index (χ3v) is 2.90. The van der Waals surface area contributed by atoms with Crippen LogP contribution in [0.5, 0.6) is 6.01 Å². The summed E-state index contributed by atoms with van der Waals surface area (Å²) in [6.45, 7) is 7.04. The smallest absolute Gasteiger partial charge is 0.323 e. The molecule has 0 fully saturated rings. The number of nitrogens with zero attached hydrogens (tertiary/aromatic N) is 3. The standard InChI is InChI=1S/C14H18ClN5O/c1-4-16-12-18-13(20-14(19-12)21-5-2)17-11-8-10(15)7-6-9(11)3/h6-8H,4-5H2,1-3H3,(H2,16,17,18,19,20). The number of aromatic nitrogens is 3. The second kappa shape index (κ2) is 7.08. The Bertz CT molecular complexity index is 596. The molecule has 7 heteroatoms. The Balaban J connectivity index is 2.31. The number of rotatable bonds is 6. The third kappa shape index (κ3) is 4.19. The fourth-order valence-corrected chi connectivity index (χ4v) is 1.86. The van der Waals surface area contributed by atoms with E-state index in [1.807, 2.05) is 39.0 Å². The molecule has 2 aromatic rings. The van der Waals surface area contributed by atoms with Crippen molar-refractivity contribution in [3.63, 3.8) is 0 Å². The van der Waals surface area contributed by atoms with E-state index in [4.69, 9.17) is 16.3 Å². The van der Waals surface area contributed by atoms with Crippen molar-refractivity contribution < 1.29 is 4.74 Å². The first-order chi connectivity index (χ1) is 10.1. The number of aryl methyl sites for hydroxylation is 1. The Labute approximate surface area is 128 Å². The van der Waals surface area contributed by atoms with Gasteiger partial charge in [-0.3, -0.25) is 0 Å². The van der Waals surface area contributed by atoms with Crippen LogP contribution in [0.15, 0.2) is 18.2 Å². The van der Waals surface area contributed by atoms with Gasteiger partial charge in [0.05, 0.1) is 6.61 Å². The van der Waals surface area contributed by atoms with Crippen LogP contribution in [-0.2, 0) is 0 Å². The van der Waals surface area contributed by atoms with Crippen LogP contribution in [0.25, 0.3) is 0 Å². The van der Waals surface area contributed by atoms with Gasteiger partial charge < -0.3 is 15.4 Å². The average molecular weight is 308 g/mol. The molecule has 21 heavy (non-hydrogen) atoms. The van der Waals surface area contributed by atoms with Gasteiger partial charge in [-0.2, -0.15) is 15.0 Å². The summed E-state index contributed by atoms with van der Waals surface area (Å²) < 4.78 is 5.36. The summed E-state index contributed by atoms with van der Waals surface area (Å²) in [6, 6.07) is 5.88. The van der Waals surface area contributed by atoms with E-state index < -0.39 is 0 Å². The van der Waals surface area contributed by atoms with Gasteiger partial charge in [-0.05, 0) is 38.5 Å². The minimum Gasteiger partial charge on any atom is -0.464 e. The largest absolute Gasteiger partial charge is 0.464 e. The van der Waals surface area contributed by atoms with Gasteiger partial charge in [-0.15, -0.1) is 0 Å². The highest BCUT2D eigenvalue weighted by molar-refractivity contribution is 6.30. The first kappa shape index (κ1) is 15.3. The predicted molar refractivity (Wildman–Crippen MR) is 84.6 cm³/mol. The number of benzene rings is 1. The van der Waals surface area contributed by atoms with Crippen molar-refractivity contribution in [1.29, 1.82) is 0 Å². The molecule has 0 unspecified atom stereocenters. The van der Waals surface area contributed by atoms with Crippen molar-refractivity contribution in [3.8, 4) is 6.01 Å². The van der Waals surface area contributed by atoms with Crippen molar-refractivity contribution >= 4 is 29.2 Å². The maximum atomic E-state index is 6.01. The molecule has 112 valence electrons. The lowest BCUT2D eigenvalue weighted by molar-refractivity contribution is 0.312. The number of halogens is 1. The topological polar surface area (TPSA) is 72.0 Å². The van der Waals surface area contributed by atoms with Crippen molar-refractivity contribution in [2.45, 2.75) is 20.8 Å². The van der Waals surface area contributed by atoms with E-state index >= 15 is 0 Å². The number of nitrogens with one attached hydrogen (secondary N) is 2. The Morgan fingerprint density at radius 2 is 1.90 bits per heavy atom. The van der Waals surface area contributed by atoms with Crippen LogP contribution in [0.1, 0.15) is 19.4 Å². The molecular formula is C14H18ClN5O. The normalized spacial score (nSPS) is 10.3. The second-order valence-electron chi connectivity index (χ2n) is 4.31. The van der Waals surface area contributed by atoms with E-state index in [1.54, 1.807) is 0 Å². The van der Waals surface area contributed by atoms with Crippen LogP contribution in [0.2, 0.25) is 5.02 Å². The molecule has 0 bridgehead atoms. The molecule has 1 heterocycles. The van der Waals surface area contributed by atoms with Crippen LogP contribution in [0, 0.1) is 6.92 Å².